The number of para-hydroxylation sites is 2. The van der Waals surface area contributed by atoms with E-state index in [0.717, 1.165) is 35.4 Å². The van der Waals surface area contributed by atoms with Crippen LogP contribution in [0.1, 0.15) is 58.3 Å². The zero-order valence-electron chi connectivity index (χ0n) is 15.2. The zero-order valence-corrected chi connectivity index (χ0v) is 15.2. The lowest BCUT2D eigenvalue weighted by Crippen LogP contribution is -2.11. The average molecular weight is 336 g/mol. The van der Waals surface area contributed by atoms with Crippen LogP contribution in [0.25, 0.3) is 22.4 Å². The van der Waals surface area contributed by atoms with Gasteiger partial charge in [-0.05, 0) is 30.7 Å². The van der Waals surface area contributed by atoms with Crippen molar-refractivity contribution < 1.29 is 0 Å². The van der Waals surface area contributed by atoms with E-state index in [1.807, 2.05) is 24.3 Å². The van der Waals surface area contributed by atoms with Crippen molar-refractivity contribution >= 4 is 11.0 Å². The lowest BCUT2D eigenvalue weighted by Gasteiger charge is -2.18. The molecule has 0 N–H and O–H groups in total. The first kappa shape index (κ1) is 17.7. The third-order valence-corrected chi connectivity index (χ3v) is 4.89. The molecular formula is C22H28N2O. The third-order valence-electron chi connectivity index (χ3n) is 4.89. The molecule has 25 heavy (non-hydrogen) atoms. The molecule has 0 atom stereocenters. The molecule has 0 unspecified atom stereocenters. The monoisotopic (exact) mass is 336 g/mol. The van der Waals surface area contributed by atoms with E-state index in [0.29, 0.717) is 0 Å². The number of nitrogens with zero attached hydrogens (tertiary/aromatic N) is 2. The Hall–Kier alpha value is -2.16. The number of benzene rings is 2. The van der Waals surface area contributed by atoms with Gasteiger partial charge in [-0.3, -0.25) is 4.79 Å². The first-order valence-corrected chi connectivity index (χ1v) is 9.69. The molecule has 0 amide bonds. The maximum atomic E-state index is 11.8. The summed E-state index contributed by atoms with van der Waals surface area (Å²) in [7, 11) is 0. The van der Waals surface area contributed by atoms with Crippen molar-refractivity contribution in [2.45, 2.75) is 64.8 Å². The van der Waals surface area contributed by atoms with Gasteiger partial charge in [0.1, 0.15) is 0 Å². The molecule has 0 fully saturated rings. The van der Waals surface area contributed by atoms with E-state index in [1.54, 1.807) is 12.1 Å². The van der Waals surface area contributed by atoms with Gasteiger partial charge in [-0.1, -0.05) is 64.0 Å². The van der Waals surface area contributed by atoms with E-state index in [2.05, 4.69) is 17.6 Å². The smallest absolute Gasteiger partial charge is 0.180 e. The van der Waals surface area contributed by atoms with Crippen molar-refractivity contribution in [1.29, 1.82) is 0 Å². The number of aryl methyl sites for hydroxylation is 1. The normalized spacial score (nSPS) is 11.4. The predicted octanol–water partition coefficient (Wildman–Crippen LogP) is 5.64. The summed E-state index contributed by atoms with van der Waals surface area (Å²) in [5.74, 6) is 0. The lowest BCUT2D eigenvalue weighted by molar-refractivity contribution is 0.549. The van der Waals surface area contributed by atoms with Crippen molar-refractivity contribution in [3.8, 4) is 11.4 Å². The summed E-state index contributed by atoms with van der Waals surface area (Å²) in [5.41, 5.74) is 4.01. The highest BCUT2D eigenvalue weighted by atomic mass is 16.1. The zero-order chi connectivity index (χ0) is 17.5. The molecule has 1 heterocycles. The molecular weight excluding hydrogens is 308 g/mol. The van der Waals surface area contributed by atoms with Crippen LogP contribution in [0.2, 0.25) is 0 Å². The molecule has 0 radical (unpaired) electrons. The lowest BCUT2D eigenvalue weighted by atomic mass is 10.1. The molecule has 1 aromatic carbocycles. The minimum Gasteiger partial charge on any atom is -0.338 e. The first-order valence-electron chi connectivity index (χ1n) is 9.69. The van der Waals surface area contributed by atoms with E-state index < -0.39 is 0 Å². The predicted molar refractivity (Wildman–Crippen MR) is 105 cm³/mol. The maximum Gasteiger partial charge on any atom is 0.180 e. The van der Waals surface area contributed by atoms with E-state index >= 15 is 0 Å². The van der Waals surface area contributed by atoms with Crippen LogP contribution < -0.4 is 5.43 Å². The van der Waals surface area contributed by atoms with Crippen molar-refractivity contribution in [1.82, 2.24) is 9.55 Å². The fourth-order valence-electron chi connectivity index (χ4n) is 3.51. The largest absolute Gasteiger partial charge is 0.338 e. The van der Waals surface area contributed by atoms with Gasteiger partial charge >= 0.3 is 0 Å². The quantitative estimate of drug-likeness (QED) is 0.374. The first-order chi connectivity index (χ1) is 12.3. The van der Waals surface area contributed by atoms with Crippen LogP contribution >= 0.6 is 0 Å². The number of aromatic nitrogens is 2. The second kappa shape index (κ2) is 8.80. The molecule has 0 bridgehead atoms. The Labute approximate surface area is 150 Å². The molecule has 3 rings (SSSR count). The van der Waals surface area contributed by atoms with Crippen LogP contribution in [0, 0.1) is 0 Å². The maximum absolute atomic E-state index is 11.8. The van der Waals surface area contributed by atoms with Crippen molar-refractivity contribution in [2.75, 3.05) is 0 Å². The van der Waals surface area contributed by atoms with E-state index in [1.165, 1.54) is 44.9 Å². The number of fused-ring (bicyclic) bond motifs is 2. The van der Waals surface area contributed by atoms with Crippen LogP contribution in [0.15, 0.2) is 47.3 Å². The molecule has 2 aliphatic rings. The standard InChI is InChI=1S/C22H28N2O/c1-2-3-4-5-6-7-8-11-16-24-21-13-10-9-12-19(21)23-20-15-14-18(25)17-22(20)24/h9-10,12-15,17H,2-8,11,16H2,1H3. The summed E-state index contributed by atoms with van der Waals surface area (Å²) < 4.78 is 2.27. The fourth-order valence-corrected chi connectivity index (χ4v) is 3.51. The number of rotatable bonds is 9. The summed E-state index contributed by atoms with van der Waals surface area (Å²) in [6.45, 7) is 3.20. The summed E-state index contributed by atoms with van der Waals surface area (Å²) in [6.07, 6.45) is 10.4. The molecule has 0 aromatic heterocycles. The van der Waals surface area contributed by atoms with Crippen LogP contribution in [0.4, 0.5) is 0 Å². The van der Waals surface area contributed by atoms with Gasteiger partial charge in [-0.25, -0.2) is 4.98 Å². The molecule has 1 aliphatic carbocycles. The van der Waals surface area contributed by atoms with Crippen molar-refractivity contribution in [3.05, 3.63) is 52.7 Å². The van der Waals surface area contributed by atoms with E-state index in [9.17, 15) is 4.79 Å². The van der Waals surface area contributed by atoms with Gasteiger partial charge in [0.15, 0.2) is 5.43 Å². The van der Waals surface area contributed by atoms with Crippen molar-refractivity contribution in [3.63, 3.8) is 0 Å². The second-order valence-corrected chi connectivity index (χ2v) is 6.88. The van der Waals surface area contributed by atoms with Crippen LogP contribution in [-0.4, -0.2) is 9.55 Å². The molecule has 3 heteroatoms. The van der Waals surface area contributed by atoms with Crippen LogP contribution in [0.5, 0.6) is 0 Å². The van der Waals surface area contributed by atoms with E-state index in [-0.39, 0.29) is 5.43 Å². The number of hydrogen-bond acceptors (Lipinski definition) is 2. The number of unbranched alkanes of at least 4 members (excludes halogenated alkanes) is 7. The van der Waals surface area contributed by atoms with Gasteiger partial charge in [-0.2, -0.15) is 0 Å². The Morgan fingerprint density at radius 2 is 1.60 bits per heavy atom. The molecule has 0 spiro atoms. The van der Waals surface area contributed by atoms with Crippen LogP contribution in [-0.2, 0) is 6.54 Å². The number of hydrogen-bond donors (Lipinski definition) is 0. The summed E-state index contributed by atoms with van der Waals surface area (Å²) in [4.78, 5) is 16.5. The highest BCUT2D eigenvalue weighted by Crippen LogP contribution is 2.24. The molecule has 132 valence electrons. The second-order valence-electron chi connectivity index (χ2n) is 6.88. The Kier molecular flexibility index (Phi) is 6.21. The minimum absolute atomic E-state index is 0.0502. The molecule has 1 aliphatic heterocycles. The highest BCUT2D eigenvalue weighted by molar-refractivity contribution is 5.80. The minimum atomic E-state index is 0.0502. The molecule has 0 saturated heterocycles. The third kappa shape index (κ3) is 4.47. The average Bonchev–Trinajstić information content (AvgIpc) is 2.63. The Morgan fingerprint density at radius 3 is 2.40 bits per heavy atom. The van der Waals surface area contributed by atoms with E-state index in [4.69, 9.17) is 4.98 Å². The summed E-state index contributed by atoms with van der Waals surface area (Å²) in [6, 6.07) is 13.4. The Bertz CT molecular complexity index is 837. The van der Waals surface area contributed by atoms with Gasteiger partial charge < -0.3 is 4.57 Å². The van der Waals surface area contributed by atoms with Crippen LogP contribution in [0.3, 0.4) is 0 Å². The van der Waals surface area contributed by atoms with Gasteiger partial charge in [0.05, 0.1) is 22.4 Å². The highest BCUT2D eigenvalue weighted by Gasteiger charge is 2.12. The topological polar surface area (TPSA) is 34.9 Å². The van der Waals surface area contributed by atoms with Gasteiger partial charge in [-0.15, -0.1) is 0 Å². The Balaban J connectivity index is 1.71. The van der Waals surface area contributed by atoms with Gasteiger partial charge in [0.25, 0.3) is 0 Å². The SMILES string of the molecule is CCCCCCCCCCn1c2cc(=O)ccc-2nc2ccccc21. The molecule has 3 nitrogen and oxygen atoms in total. The van der Waals surface area contributed by atoms with Gasteiger partial charge in [0.2, 0.25) is 0 Å². The van der Waals surface area contributed by atoms with Gasteiger partial charge in [0, 0.05) is 12.6 Å². The fraction of sp³-hybridized carbons (Fsp3) is 0.455. The summed E-state index contributed by atoms with van der Waals surface area (Å²) in [5, 5.41) is 0. The summed E-state index contributed by atoms with van der Waals surface area (Å²) >= 11 is 0. The Morgan fingerprint density at radius 1 is 0.880 bits per heavy atom. The van der Waals surface area contributed by atoms with Crippen molar-refractivity contribution in [2.24, 2.45) is 0 Å². The molecule has 0 saturated carbocycles. The molecule has 1 aromatic rings.